The topological polar surface area (TPSA) is 29.9 Å². The van der Waals surface area contributed by atoms with Crippen molar-refractivity contribution < 1.29 is 0 Å². The van der Waals surface area contributed by atoms with Crippen LogP contribution in [0.3, 0.4) is 0 Å². The normalized spacial score (nSPS) is 11.8. The first-order chi connectivity index (χ1) is 8.91. The van der Waals surface area contributed by atoms with Gasteiger partial charge in [0.15, 0.2) is 0 Å². The summed E-state index contributed by atoms with van der Waals surface area (Å²) < 4.78 is 1.88. The van der Waals surface area contributed by atoms with Gasteiger partial charge in [0.1, 0.15) is 0 Å². The number of nitrogens with zero attached hydrogens (tertiary/aromatic N) is 2. The van der Waals surface area contributed by atoms with Crippen molar-refractivity contribution >= 4 is 23.4 Å². The molecule has 2 rings (SSSR count). The molecule has 0 bridgehead atoms. The van der Waals surface area contributed by atoms with Crippen LogP contribution in [-0.4, -0.2) is 9.78 Å². The summed E-state index contributed by atoms with van der Waals surface area (Å²) in [6.07, 6.45) is 0. The molecule has 0 radical (unpaired) electrons. The van der Waals surface area contributed by atoms with E-state index >= 15 is 0 Å². The van der Waals surface area contributed by atoms with Crippen molar-refractivity contribution in [3.63, 3.8) is 0 Å². The van der Waals surface area contributed by atoms with Gasteiger partial charge >= 0.3 is 0 Å². The first-order valence-corrected chi connectivity index (χ1v) is 6.86. The van der Waals surface area contributed by atoms with Gasteiger partial charge in [0.05, 0.1) is 23.6 Å². The molecule has 0 atom stereocenters. The van der Waals surface area contributed by atoms with Crippen molar-refractivity contribution in [1.82, 2.24) is 14.6 Å². The van der Waals surface area contributed by atoms with Crippen molar-refractivity contribution in [2.45, 2.75) is 32.7 Å². The minimum absolute atomic E-state index is 0.00904. The summed E-state index contributed by atoms with van der Waals surface area (Å²) in [7, 11) is 0. The van der Waals surface area contributed by atoms with Crippen LogP contribution in [0.15, 0.2) is 30.3 Å². The van der Waals surface area contributed by atoms with Gasteiger partial charge in [0.2, 0.25) is 0 Å². The molecule has 5 heteroatoms. The van der Waals surface area contributed by atoms with Gasteiger partial charge in [0, 0.05) is 10.4 Å². The summed E-state index contributed by atoms with van der Waals surface area (Å²) in [5, 5.41) is 5.36. The van der Waals surface area contributed by atoms with Crippen LogP contribution in [0.1, 0.15) is 32.2 Å². The first kappa shape index (κ1) is 14.4. The average molecular weight is 298 g/mol. The van der Waals surface area contributed by atoms with Crippen molar-refractivity contribution in [1.29, 1.82) is 0 Å². The molecule has 1 aromatic carbocycles. The molecular formula is C14H17Cl2N3. The Balaban J connectivity index is 2.52. The first-order valence-electron chi connectivity index (χ1n) is 6.10. The van der Waals surface area contributed by atoms with Gasteiger partial charge in [0.25, 0.3) is 0 Å². The van der Waals surface area contributed by atoms with E-state index in [1.54, 1.807) is 0 Å². The molecule has 0 amide bonds. The van der Waals surface area contributed by atoms with Gasteiger partial charge in [-0.3, -0.25) is 0 Å². The molecule has 0 saturated carbocycles. The molecule has 1 heterocycles. The highest BCUT2D eigenvalue weighted by Crippen LogP contribution is 2.24. The summed E-state index contributed by atoms with van der Waals surface area (Å²) in [6, 6.07) is 9.69. The van der Waals surface area contributed by atoms with Gasteiger partial charge in [-0.05, 0) is 36.0 Å². The zero-order valence-electron chi connectivity index (χ0n) is 11.2. The van der Waals surface area contributed by atoms with E-state index in [4.69, 9.17) is 23.4 Å². The fraction of sp³-hybridized carbons (Fsp3) is 0.357. The van der Waals surface area contributed by atoms with Crippen LogP contribution in [0.25, 0.3) is 5.69 Å². The van der Waals surface area contributed by atoms with Gasteiger partial charge in [-0.25, -0.2) is 9.52 Å². The molecule has 0 aliphatic carbocycles. The second-order valence-electron chi connectivity index (χ2n) is 5.47. The third-order valence-electron chi connectivity index (χ3n) is 2.85. The summed E-state index contributed by atoms with van der Waals surface area (Å²) in [5.74, 6) is 0. The van der Waals surface area contributed by atoms with Gasteiger partial charge in [-0.15, -0.1) is 0 Å². The van der Waals surface area contributed by atoms with Crippen LogP contribution in [-0.2, 0) is 12.0 Å². The Bertz CT molecular complexity index is 570. The third kappa shape index (κ3) is 3.30. The van der Waals surface area contributed by atoms with Crippen LogP contribution in [0.2, 0.25) is 5.02 Å². The van der Waals surface area contributed by atoms with E-state index in [0.717, 1.165) is 17.1 Å². The van der Waals surface area contributed by atoms with E-state index in [-0.39, 0.29) is 5.41 Å². The highest BCUT2D eigenvalue weighted by molar-refractivity contribution is 6.30. The van der Waals surface area contributed by atoms with E-state index in [2.05, 4.69) is 36.8 Å². The summed E-state index contributed by atoms with van der Waals surface area (Å²) in [5.41, 5.74) is 2.95. The Morgan fingerprint density at radius 1 is 1.26 bits per heavy atom. The number of hydrogen-bond donors (Lipinski definition) is 1. The molecule has 0 aliphatic heterocycles. The second kappa shape index (κ2) is 5.53. The van der Waals surface area contributed by atoms with Crippen molar-refractivity contribution in [3.05, 3.63) is 46.7 Å². The predicted molar refractivity (Wildman–Crippen MR) is 80.0 cm³/mol. The third-order valence-corrected chi connectivity index (χ3v) is 3.22. The summed E-state index contributed by atoms with van der Waals surface area (Å²) in [6.45, 7) is 6.94. The van der Waals surface area contributed by atoms with Gasteiger partial charge < -0.3 is 0 Å². The zero-order valence-corrected chi connectivity index (χ0v) is 12.8. The van der Waals surface area contributed by atoms with Crippen LogP contribution >= 0.6 is 23.4 Å². The Hall–Kier alpha value is -1.03. The summed E-state index contributed by atoms with van der Waals surface area (Å²) >= 11 is 11.7. The van der Waals surface area contributed by atoms with Gasteiger partial charge in [-0.1, -0.05) is 38.4 Å². The maximum Gasteiger partial charge on any atom is 0.0685 e. The molecule has 19 heavy (non-hydrogen) atoms. The average Bonchev–Trinajstić information content (AvgIpc) is 2.73. The molecule has 2 aromatic rings. The lowest BCUT2D eigenvalue weighted by Crippen LogP contribution is -2.12. The van der Waals surface area contributed by atoms with Crippen molar-refractivity contribution in [2.75, 3.05) is 0 Å². The number of rotatable bonds is 3. The molecule has 1 aromatic heterocycles. The lowest BCUT2D eigenvalue weighted by Gasteiger charge is -2.14. The van der Waals surface area contributed by atoms with Crippen LogP contribution in [0, 0.1) is 0 Å². The summed E-state index contributed by atoms with van der Waals surface area (Å²) in [4.78, 5) is 2.65. The maximum absolute atomic E-state index is 6.04. The Kier molecular flexibility index (Phi) is 4.19. The van der Waals surface area contributed by atoms with Crippen molar-refractivity contribution in [3.8, 4) is 5.69 Å². The van der Waals surface area contributed by atoms with Gasteiger partial charge in [-0.2, -0.15) is 5.10 Å². The fourth-order valence-electron chi connectivity index (χ4n) is 1.81. The lowest BCUT2D eigenvalue weighted by molar-refractivity contribution is 0.560. The van der Waals surface area contributed by atoms with E-state index in [0.29, 0.717) is 11.6 Å². The molecule has 0 aliphatic rings. The molecule has 3 nitrogen and oxygen atoms in total. The number of halogens is 2. The molecule has 0 unspecified atom stereocenters. The minimum Gasteiger partial charge on any atom is -0.236 e. The molecule has 0 saturated heterocycles. The second-order valence-corrected chi connectivity index (χ2v) is 6.18. The predicted octanol–water partition coefficient (Wildman–Crippen LogP) is 4.07. The van der Waals surface area contributed by atoms with E-state index in [1.165, 1.54) is 0 Å². The molecule has 0 fully saturated rings. The standard InChI is InChI=1S/C14H17Cl2N3/c1-14(2,3)13-8-12(9-17-16)19(18-13)11-6-4-5-10(15)7-11/h4-8,17H,9H2,1-3H3. The maximum atomic E-state index is 6.04. The smallest absolute Gasteiger partial charge is 0.0685 e. The number of benzene rings is 1. The zero-order chi connectivity index (χ0) is 14.0. The van der Waals surface area contributed by atoms with Crippen molar-refractivity contribution in [2.24, 2.45) is 0 Å². The number of nitrogens with one attached hydrogen (secondary N) is 1. The molecule has 0 spiro atoms. The van der Waals surface area contributed by atoms with E-state index in [9.17, 15) is 0 Å². The largest absolute Gasteiger partial charge is 0.236 e. The highest BCUT2D eigenvalue weighted by Gasteiger charge is 2.20. The minimum atomic E-state index is -0.00904. The Labute approximate surface area is 123 Å². The Morgan fingerprint density at radius 3 is 2.58 bits per heavy atom. The SMILES string of the molecule is CC(C)(C)c1cc(CNCl)n(-c2cccc(Cl)c2)n1. The van der Waals surface area contributed by atoms with Crippen LogP contribution in [0.4, 0.5) is 0 Å². The van der Waals surface area contributed by atoms with Crippen LogP contribution in [0.5, 0.6) is 0 Å². The van der Waals surface area contributed by atoms with E-state index < -0.39 is 0 Å². The molecule has 1 N–H and O–H groups in total. The van der Waals surface area contributed by atoms with Crippen LogP contribution < -0.4 is 4.84 Å². The number of aromatic nitrogens is 2. The highest BCUT2D eigenvalue weighted by atomic mass is 35.5. The fourth-order valence-corrected chi connectivity index (χ4v) is 2.13. The quantitative estimate of drug-likeness (QED) is 0.866. The van der Waals surface area contributed by atoms with E-state index in [1.807, 2.05) is 28.9 Å². The molecule has 102 valence electrons. The Morgan fingerprint density at radius 2 is 2.00 bits per heavy atom. The monoisotopic (exact) mass is 297 g/mol. The molecular weight excluding hydrogens is 281 g/mol. The lowest BCUT2D eigenvalue weighted by atomic mass is 9.92. The number of hydrogen-bond acceptors (Lipinski definition) is 2.